The average molecular weight is 334 g/mol. The van der Waals surface area contributed by atoms with Crippen LogP contribution in [-0.2, 0) is 16.2 Å². The monoisotopic (exact) mass is 334 g/mol. The number of anilines is 1. The zero-order valence-corrected chi connectivity index (χ0v) is 11.5. The third-order valence-electron chi connectivity index (χ3n) is 2.49. The second kappa shape index (κ2) is 5.72. The highest BCUT2D eigenvalue weighted by Gasteiger charge is 2.31. The van der Waals surface area contributed by atoms with Crippen LogP contribution >= 0.6 is 0 Å². The Morgan fingerprint density at radius 2 is 1.95 bits per heavy atom. The van der Waals surface area contributed by atoms with Crippen molar-refractivity contribution in [2.45, 2.75) is 11.3 Å². The van der Waals surface area contributed by atoms with E-state index in [4.69, 9.17) is 9.62 Å². The fourth-order valence-electron chi connectivity index (χ4n) is 1.57. The summed E-state index contributed by atoms with van der Waals surface area (Å²) in [6.07, 6.45) is -3.72. The van der Waals surface area contributed by atoms with E-state index in [1.54, 1.807) is 0 Å². The number of benzene rings is 1. The number of nitrogens with zero attached hydrogens (tertiary/aromatic N) is 1. The van der Waals surface area contributed by atoms with Crippen molar-refractivity contribution in [1.29, 1.82) is 0 Å². The fraction of sp³-hybridized carbons (Fsp3) is 0.0833. The Hall–Kier alpha value is -2.49. The summed E-state index contributed by atoms with van der Waals surface area (Å²) in [5.74, 6) is -0.0353. The molecule has 10 heteroatoms. The van der Waals surface area contributed by atoms with Crippen LogP contribution in [0.25, 0.3) is 0 Å². The zero-order valence-electron chi connectivity index (χ0n) is 10.7. The molecule has 1 aromatic carbocycles. The molecule has 0 aliphatic heterocycles. The summed E-state index contributed by atoms with van der Waals surface area (Å²) in [7, 11) is -4.20. The molecule has 2 rings (SSSR count). The topological polar surface area (TPSA) is 91.9 Å². The SMILES string of the molecule is O=S(=O)(Nc1cccc(C(F)(F)F)c1)c1ccc(C=NO)o1. The molecule has 0 unspecified atom stereocenters. The van der Waals surface area contributed by atoms with Crippen molar-refractivity contribution >= 4 is 21.9 Å². The van der Waals surface area contributed by atoms with Gasteiger partial charge in [-0.1, -0.05) is 11.2 Å². The Morgan fingerprint density at radius 3 is 2.59 bits per heavy atom. The first-order valence-electron chi connectivity index (χ1n) is 5.70. The van der Waals surface area contributed by atoms with Gasteiger partial charge < -0.3 is 9.62 Å². The summed E-state index contributed by atoms with van der Waals surface area (Å²) < 4.78 is 68.6. The molecular formula is C12H9F3N2O4S. The molecule has 22 heavy (non-hydrogen) atoms. The normalized spacial score (nSPS) is 12.7. The lowest BCUT2D eigenvalue weighted by atomic mass is 10.2. The molecule has 0 aliphatic carbocycles. The van der Waals surface area contributed by atoms with Crippen LogP contribution in [0.15, 0.2) is 51.1 Å². The molecule has 0 saturated carbocycles. The largest absolute Gasteiger partial charge is 0.442 e. The lowest BCUT2D eigenvalue weighted by Gasteiger charge is -2.10. The van der Waals surface area contributed by atoms with Crippen molar-refractivity contribution in [1.82, 2.24) is 0 Å². The molecule has 0 amide bonds. The van der Waals surface area contributed by atoms with Crippen LogP contribution in [0.4, 0.5) is 18.9 Å². The van der Waals surface area contributed by atoms with Gasteiger partial charge in [0.1, 0.15) is 12.0 Å². The molecule has 1 aromatic heterocycles. The molecular weight excluding hydrogens is 325 g/mol. The Morgan fingerprint density at radius 1 is 1.23 bits per heavy atom. The summed E-state index contributed by atoms with van der Waals surface area (Å²) in [5.41, 5.74) is -1.25. The van der Waals surface area contributed by atoms with Crippen LogP contribution in [0.5, 0.6) is 0 Å². The second-order valence-electron chi connectivity index (χ2n) is 4.09. The van der Waals surface area contributed by atoms with Gasteiger partial charge >= 0.3 is 6.18 Å². The van der Waals surface area contributed by atoms with E-state index < -0.39 is 26.9 Å². The van der Waals surface area contributed by atoms with Gasteiger partial charge in [-0.15, -0.1) is 0 Å². The van der Waals surface area contributed by atoms with Gasteiger partial charge in [0, 0.05) is 5.69 Å². The summed E-state index contributed by atoms with van der Waals surface area (Å²) in [4.78, 5) is 0. The number of hydrogen-bond donors (Lipinski definition) is 2. The summed E-state index contributed by atoms with van der Waals surface area (Å²) >= 11 is 0. The highest BCUT2D eigenvalue weighted by molar-refractivity contribution is 7.92. The smallest absolute Gasteiger partial charge is 0.416 e. The number of oxime groups is 1. The van der Waals surface area contributed by atoms with Gasteiger partial charge in [-0.25, -0.2) is 0 Å². The summed E-state index contributed by atoms with van der Waals surface area (Å²) in [5, 5.41) is 10.4. The van der Waals surface area contributed by atoms with Crippen molar-refractivity contribution in [2.75, 3.05) is 4.72 Å². The molecule has 6 nitrogen and oxygen atoms in total. The first-order chi connectivity index (χ1) is 10.2. The third kappa shape index (κ3) is 3.58. The minimum absolute atomic E-state index is 0.0353. The van der Waals surface area contributed by atoms with E-state index in [1.165, 1.54) is 12.1 Å². The van der Waals surface area contributed by atoms with Crippen LogP contribution in [0.2, 0.25) is 0 Å². The van der Waals surface area contributed by atoms with E-state index in [2.05, 4.69) is 5.16 Å². The number of halogens is 3. The van der Waals surface area contributed by atoms with E-state index >= 15 is 0 Å². The quantitative estimate of drug-likeness (QED) is 0.511. The van der Waals surface area contributed by atoms with Gasteiger partial charge in [-0.3, -0.25) is 4.72 Å². The second-order valence-corrected chi connectivity index (χ2v) is 5.70. The Kier molecular flexibility index (Phi) is 4.13. The average Bonchev–Trinajstić information content (AvgIpc) is 2.87. The molecule has 118 valence electrons. The van der Waals surface area contributed by atoms with Gasteiger partial charge in [0.15, 0.2) is 0 Å². The van der Waals surface area contributed by atoms with E-state index in [0.29, 0.717) is 6.07 Å². The van der Waals surface area contributed by atoms with E-state index in [-0.39, 0.29) is 11.4 Å². The number of sulfonamides is 1. The van der Waals surface area contributed by atoms with Crippen LogP contribution in [0.3, 0.4) is 0 Å². The van der Waals surface area contributed by atoms with E-state index in [0.717, 1.165) is 24.4 Å². The summed E-state index contributed by atoms with van der Waals surface area (Å²) in [6, 6.07) is 6.03. The van der Waals surface area contributed by atoms with Gasteiger partial charge in [0.05, 0.1) is 5.56 Å². The maximum Gasteiger partial charge on any atom is 0.416 e. The van der Waals surface area contributed by atoms with Crippen molar-refractivity contribution in [3.05, 3.63) is 47.7 Å². The predicted molar refractivity (Wildman–Crippen MR) is 70.3 cm³/mol. The highest BCUT2D eigenvalue weighted by atomic mass is 32.2. The molecule has 0 saturated heterocycles. The molecule has 0 radical (unpaired) electrons. The standard InChI is InChI=1S/C12H9F3N2O4S/c13-12(14,15)8-2-1-3-9(6-8)17-22(19,20)11-5-4-10(21-11)7-16-18/h1-7,17-18H. The third-order valence-corrected chi connectivity index (χ3v) is 3.75. The van der Waals surface area contributed by atoms with Gasteiger partial charge in [-0.2, -0.15) is 21.6 Å². The maximum atomic E-state index is 12.6. The molecule has 0 spiro atoms. The van der Waals surface area contributed by atoms with Gasteiger partial charge in [0.2, 0.25) is 5.09 Å². The molecule has 0 atom stereocenters. The molecule has 2 aromatic rings. The van der Waals surface area contributed by atoms with Gasteiger partial charge in [0.25, 0.3) is 10.0 Å². The number of nitrogens with one attached hydrogen (secondary N) is 1. The number of furan rings is 1. The first-order valence-corrected chi connectivity index (χ1v) is 7.18. The molecule has 1 heterocycles. The number of alkyl halides is 3. The Labute approximate surface area is 122 Å². The van der Waals surface area contributed by atoms with E-state index in [9.17, 15) is 21.6 Å². The van der Waals surface area contributed by atoms with Crippen LogP contribution < -0.4 is 4.72 Å². The van der Waals surface area contributed by atoms with E-state index in [1.807, 2.05) is 4.72 Å². The van der Waals surface area contributed by atoms with Crippen molar-refractivity contribution < 1.29 is 31.2 Å². The first kappa shape index (κ1) is 15.9. The zero-order chi connectivity index (χ0) is 16.4. The fourth-order valence-corrected chi connectivity index (χ4v) is 2.56. The Bertz CT molecular complexity index is 797. The van der Waals surface area contributed by atoms with Crippen molar-refractivity contribution in [2.24, 2.45) is 5.16 Å². The Balaban J connectivity index is 2.28. The number of rotatable bonds is 4. The van der Waals surface area contributed by atoms with Crippen molar-refractivity contribution in [3.63, 3.8) is 0 Å². The minimum atomic E-state index is -4.59. The lowest BCUT2D eigenvalue weighted by Crippen LogP contribution is -2.13. The predicted octanol–water partition coefficient (Wildman–Crippen LogP) is 2.91. The van der Waals surface area contributed by atoms with Crippen LogP contribution in [0, 0.1) is 0 Å². The molecule has 2 N–H and O–H groups in total. The number of hydrogen-bond acceptors (Lipinski definition) is 5. The lowest BCUT2D eigenvalue weighted by molar-refractivity contribution is -0.137. The van der Waals surface area contributed by atoms with Crippen LogP contribution in [-0.4, -0.2) is 19.8 Å². The summed E-state index contributed by atoms with van der Waals surface area (Å²) in [6.45, 7) is 0. The molecule has 0 aliphatic rings. The van der Waals surface area contributed by atoms with Crippen molar-refractivity contribution in [3.8, 4) is 0 Å². The van der Waals surface area contributed by atoms with Crippen LogP contribution in [0.1, 0.15) is 11.3 Å². The highest BCUT2D eigenvalue weighted by Crippen LogP contribution is 2.31. The minimum Gasteiger partial charge on any atom is -0.442 e. The van der Waals surface area contributed by atoms with Gasteiger partial charge in [-0.05, 0) is 30.3 Å². The maximum absolute atomic E-state index is 12.6. The molecule has 0 fully saturated rings. The molecule has 0 bridgehead atoms.